The van der Waals surface area contributed by atoms with Gasteiger partial charge in [0.25, 0.3) is 5.91 Å². The summed E-state index contributed by atoms with van der Waals surface area (Å²) < 4.78 is 6.33. The summed E-state index contributed by atoms with van der Waals surface area (Å²) in [5, 5.41) is 0. The molecule has 4 nitrogen and oxygen atoms in total. The first-order chi connectivity index (χ1) is 13.0. The lowest BCUT2D eigenvalue weighted by molar-refractivity contribution is -0.113. The first kappa shape index (κ1) is 19.5. The monoisotopic (exact) mass is 398 g/mol. The number of anilines is 2. The molecule has 1 fully saturated rings. The van der Waals surface area contributed by atoms with Gasteiger partial charge >= 0.3 is 0 Å². The summed E-state index contributed by atoms with van der Waals surface area (Å²) in [5.41, 5.74) is 2.73. The van der Waals surface area contributed by atoms with E-state index in [1.54, 1.807) is 4.90 Å². The summed E-state index contributed by atoms with van der Waals surface area (Å²) in [4.78, 5) is 17.2. The van der Waals surface area contributed by atoms with E-state index < -0.39 is 0 Å². The van der Waals surface area contributed by atoms with Gasteiger partial charge < -0.3 is 9.64 Å². The highest BCUT2D eigenvalue weighted by Crippen LogP contribution is 2.37. The second kappa shape index (κ2) is 8.59. The van der Waals surface area contributed by atoms with Gasteiger partial charge in [-0.1, -0.05) is 49.1 Å². The maximum atomic E-state index is 13.0. The molecular formula is C21H22N2O2S2. The Bertz CT molecular complexity index is 876. The molecule has 0 radical (unpaired) electrons. The Hall–Kier alpha value is -2.31. The summed E-state index contributed by atoms with van der Waals surface area (Å²) in [6.07, 6.45) is 2.79. The average Bonchev–Trinajstić information content (AvgIpc) is 2.94. The summed E-state index contributed by atoms with van der Waals surface area (Å²) in [6, 6.07) is 15.5. The molecule has 0 aromatic heterocycles. The molecule has 3 rings (SSSR count). The first-order valence-corrected chi connectivity index (χ1v) is 10.0. The Morgan fingerprint density at radius 3 is 2.52 bits per heavy atom. The van der Waals surface area contributed by atoms with Gasteiger partial charge in [-0.25, -0.2) is 0 Å². The van der Waals surface area contributed by atoms with E-state index in [1.165, 1.54) is 11.8 Å². The van der Waals surface area contributed by atoms with Crippen molar-refractivity contribution in [2.75, 3.05) is 30.5 Å². The van der Waals surface area contributed by atoms with Crippen LogP contribution in [0.2, 0.25) is 0 Å². The third kappa shape index (κ3) is 4.34. The highest BCUT2D eigenvalue weighted by molar-refractivity contribution is 8.27. The van der Waals surface area contributed by atoms with Gasteiger partial charge in [0, 0.05) is 25.3 Å². The molecule has 0 aliphatic carbocycles. The highest BCUT2D eigenvalue weighted by atomic mass is 32.2. The Balaban J connectivity index is 1.87. The summed E-state index contributed by atoms with van der Waals surface area (Å²) in [6.45, 7) is 2.71. The standard InChI is InChI=1S/C21H22N2O2S2/c1-4-13-25-18-8-6-5-7-15(18)14-19-20(24)23(21(26)27-19)17-11-9-16(10-12-17)22(2)3/h5-12,14H,4,13H2,1-3H3/b19-14+. The molecule has 2 aromatic carbocycles. The maximum absolute atomic E-state index is 13.0. The van der Waals surface area contributed by atoms with Crippen LogP contribution in [-0.2, 0) is 4.79 Å². The van der Waals surface area contributed by atoms with Crippen molar-refractivity contribution >= 4 is 51.7 Å². The fourth-order valence-electron chi connectivity index (χ4n) is 2.67. The van der Waals surface area contributed by atoms with Crippen molar-refractivity contribution in [2.24, 2.45) is 0 Å². The van der Waals surface area contributed by atoms with Crippen LogP contribution >= 0.6 is 24.0 Å². The zero-order valence-electron chi connectivity index (χ0n) is 15.6. The van der Waals surface area contributed by atoms with Crippen molar-refractivity contribution in [1.82, 2.24) is 0 Å². The number of amides is 1. The molecule has 1 saturated heterocycles. The fourth-order valence-corrected chi connectivity index (χ4v) is 3.96. The fraction of sp³-hybridized carbons (Fsp3) is 0.238. The van der Waals surface area contributed by atoms with E-state index >= 15 is 0 Å². The second-order valence-corrected chi connectivity index (χ2v) is 7.99. The molecule has 1 aliphatic rings. The molecule has 0 unspecified atom stereocenters. The van der Waals surface area contributed by atoms with Gasteiger partial charge in [-0.2, -0.15) is 0 Å². The van der Waals surface area contributed by atoms with E-state index in [2.05, 4.69) is 6.92 Å². The summed E-state index contributed by atoms with van der Waals surface area (Å²) in [7, 11) is 3.96. The lowest BCUT2D eigenvalue weighted by Crippen LogP contribution is -2.27. The molecule has 0 bridgehead atoms. The van der Waals surface area contributed by atoms with Crippen LogP contribution < -0.4 is 14.5 Å². The van der Waals surface area contributed by atoms with Crippen LogP contribution in [0.15, 0.2) is 53.4 Å². The Morgan fingerprint density at radius 2 is 1.85 bits per heavy atom. The van der Waals surface area contributed by atoms with E-state index in [4.69, 9.17) is 17.0 Å². The molecule has 1 aliphatic heterocycles. The van der Waals surface area contributed by atoms with Crippen LogP contribution in [0.25, 0.3) is 6.08 Å². The van der Waals surface area contributed by atoms with Crippen molar-refractivity contribution in [3.63, 3.8) is 0 Å². The minimum atomic E-state index is -0.104. The summed E-state index contributed by atoms with van der Waals surface area (Å²) >= 11 is 6.78. The zero-order chi connectivity index (χ0) is 19.4. The van der Waals surface area contributed by atoms with Crippen molar-refractivity contribution in [3.05, 3.63) is 59.0 Å². The molecule has 6 heteroatoms. The van der Waals surface area contributed by atoms with Gasteiger partial charge in [0.1, 0.15) is 5.75 Å². The maximum Gasteiger partial charge on any atom is 0.270 e. The minimum absolute atomic E-state index is 0.104. The van der Waals surface area contributed by atoms with E-state index in [9.17, 15) is 4.79 Å². The number of ether oxygens (including phenoxy) is 1. The number of thiocarbonyl (C=S) groups is 1. The number of carbonyl (C=O) groups excluding carboxylic acids is 1. The highest BCUT2D eigenvalue weighted by Gasteiger charge is 2.33. The van der Waals surface area contributed by atoms with Crippen LogP contribution in [0.3, 0.4) is 0 Å². The molecular weight excluding hydrogens is 376 g/mol. The molecule has 1 heterocycles. The van der Waals surface area contributed by atoms with E-state index in [-0.39, 0.29) is 5.91 Å². The molecule has 0 atom stereocenters. The van der Waals surface area contributed by atoms with Gasteiger partial charge in [0.05, 0.1) is 17.2 Å². The number of benzene rings is 2. The Morgan fingerprint density at radius 1 is 1.15 bits per heavy atom. The van der Waals surface area contributed by atoms with E-state index in [0.717, 1.165) is 29.1 Å². The average molecular weight is 399 g/mol. The SMILES string of the molecule is CCCOc1ccccc1/C=C1/SC(=S)N(c2ccc(N(C)C)cc2)C1=O. The number of hydrogen-bond donors (Lipinski definition) is 0. The van der Waals surface area contributed by atoms with Crippen LogP contribution in [0.5, 0.6) is 5.75 Å². The molecule has 0 saturated carbocycles. The van der Waals surface area contributed by atoms with E-state index in [0.29, 0.717) is 15.8 Å². The van der Waals surface area contributed by atoms with Crippen molar-refractivity contribution < 1.29 is 9.53 Å². The number of rotatable bonds is 6. The third-order valence-corrected chi connectivity index (χ3v) is 5.39. The number of carbonyl (C=O) groups is 1. The quantitative estimate of drug-likeness (QED) is 0.508. The molecule has 0 spiro atoms. The predicted octanol–water partition coefficient (Wildman–Crippen LogP) is 4.95. The van der Waals surface area contributed by atoms with Crippen molar-refractivity contribution in [2.45, 2.75) is 13.3 Å². The zero-order valence-corrected chi connectivity index (χ0v) is 17.3. The van der Waals surface area contributed by atoms with Crippen LogP contribution in [-0.4, -0.2) is 30.9 Å². The van der Waals surface area contributed by atoms with Crippen LogP contribution in [0, 0.1) is 0 Å². The Labute approximate surface area is 169 Å². The molecule has 1 amide bonds. The predicted molar refractivity (Wildman–Crippen MR) is 119 cm³/mol. The lowest BCUT2D eigenvalue weighted by atomic mass is 10.2. The second-order valence-electron chi connectivity index (χ2n) is 6.31. The van der Waals surface area contributed by atoms with Gasteiger partial charge in [-0.05, 0) is 42.8 Å². The largest absolute Gasteiger partial charge is 0.493 e. The smallest absolute Gasteiger partial charge is 0.270 e. The third-order valence-electron chi connectivity index (χ3n) is 4.09. The summed E-state index contributed by atoms with van der Waals surface area (Å²) in [5.74, 6) is 0.674. The molecule has 2 aromatic rings. The van der Waals surface area contributed by atoms with E-state index in [1.807, 2.05) is 73.6 Å². The molecule has 27 heavy (non-hydrogen) atoms. The normalized spacial score (nSPS) is 15.5. The lowest BCUT2D eigenvalue weighted by Gasteiger charge is -2.17. The topological polar surface area (TPSA) is 32.8 Å². The van der Waals surface area contributed by atoms with Gasteiger partial charge in [0.2, 0.25) is 0 Å². The number of hydrogen-bond acceptors (Lipinski definition) is 5. The van der Waals surface area contributed by atoms with Crippen molar-refractivity contribution in [1.29, 1.82) is 0 Å². The van der Waals surface area contributed by atoms with Gasteiger partial charge in [-0.3, -0.25) is 9.69 Å². The molecule has 0 N–H and O–H groups in total. The number of thioether (sulfide) groups is 1. The van der Waals surface area contributed by atoms with Crippen LogP contribution in [0.1, 0.15) is 18.9 Å². The Kier molecular flexibility index (Phi) is 6.19. The number of para-hydroxylation sites is 1. The molecule has 140 valence electrons. The van der Waals surface area contributed by atoms with Gasteiger partial charge in [0.15, 0.2) is 4.32 Å². The first-order valence-electron chi connectivity index (χ1n) is 8.78. The minimum Gasteiger partial charge on any atom is -0.493 e. The number of nitrogens with zero attached hydrogens (tertiary/aromatic N) is 2. The van der Waals surface area contributed by atoms with Crippen LogP contribution in [0.4, 0.5) is 11.4 Å². The van der Waals surface area contributed by atoms with Gasteiger partial charge in [-0.15, -0.1) is 0 Å². The van der Waals surface area contributed by atoms with Crippen molar-refractivity contribution in [3.8, 4) is 5.75 Å².